The van der Waals surface area contributed by atoms with E-state index in [4.69, 9.17) is 0 Å². The first kappa shape index (κ1) is 22.5. The summed E-state index contributed by atoms with van der Waals surface area (Å²) in [4.78, 5) is 18.0. The van der Waals surface area contributed by atoms with Crippen LogP contribution in [0.1, 0.15) is 38.4 Å². The standard InChI is InChI=1S/C30H28N4O/c1-18-8-6-7-9-26(18)23-10-11-29(31-17-23)34-28(15-22(5)33-34)30(35)32-27-16-25-13-20(3)19(2)12-24(25)14-21(27)4/h6-17H,1-5H3,(H,32,35). The van der Waals surface area contributed by atoms with Crippen LogP contribution in [0.2, 0.25) is 0 Å². The SMILES string of the molecule is Cc1cc(C(=O)Nc2cc3cc(C)c(C)cc3cc2C)n(-c2ccc(-c3ccccc3C)cn2)n1. The van der Waals surface area contributed by atoms with E-state index in [9.17, 15) is 4.79 Å². The van der Waals surface area contributed by atoms with Gasteiger partial charge in [-0.3, -0.25) is 4.79 Å². The third-order valence-electron chi connectivity index (χ3n) is 6.53. The van der Waals surface area contributed by atoms with Gasteiger partial charge in [0, 0.05) is 17.4 Å². The van der Waals surface area contributed by atoms with E-state index in [1.165, 1.54) is 22.1 Å². The maximum absolute atomic E-state index is 13.4. The van der Waals surface area contributed by atoms with Crippen molar-refractivity contribution in [1.82, 2.24) is 14.8 Å². The van der Waals surface area contributed by atoms with Gasteiger partial charge in [-0.15, -0.1) is 0 Å². The molecule has 5 nitrogen and oxygen atoms in total. The Kier molecular flexibility index (Phi) is 5.69. The number of rotatable bonds is 4. The van der Waals surface area contributed by atoms with Crippen LogP contribution >= 0.6 is 0 Å². The molecule has 0 aliphatic heterocycles. The Bertz CT molecular complexity index is 1580. The highest BCUT2D eigenvalue weighted by molar-refractivity contribution is 6.05. The summed E-state index contributed by atoms with van der Waals surface area (Å²) >= 11 is 0. The molecule has 5 rings (SSSR count). The molecule has 0 atom stereocenters. The zero-order valence-electron chi connectivity index (χ0n) is 20.7. The molecule has 3 aromatic carbocycles. The number of carbonyl (C=O) groups excluding carboxylic acids is 1. The maximum Gasteiger partial charge on any atom is 0.274 e. The van der Waals surface area contributed by atoms with E-state index in [0.29, 0.717) is 11.5 Å². The molecular weight excluding hydrogens is 432 g/mol. The highest BCUT2D eigenvalue weighted by Crippen LogP contribution is 2.27. The minimum absolute atomic E-state index is 0.221. The van der Waals surface area contributed by atoms with Gasteiger partial charge in [-0.05, 0) is 104 Å². The maximum atomic E-state index is 13.4. The van der Waals surface area contributed by atoms with Crippen molar-refractivity contribution < 1.29 is 4.79 Å². The van der Waals surface area contributed by atoms with E-state index in [-0.39, 0.29) is 5.91 Å². The largest absolute Gasteiger partial charge is 0.320 e. The second-order valence-corrected chi connectivity index (χ2v) is 9.21. The molecule has 0 aliphatic rings. The van der Waals surface area contributed by atoms with Crippen molar-refractivity contribution in [3.63, 3.8) is 0 Å². The summed E-state index contributed by atoms with van der Waals surface area (Å²) in [5, 5.41) is 9.92. The van der Waals surface area contributed by atoms with Crippen molar-refractivity contribution in [2.45, 2.75) is 34.6 Å². The van der Waals surface area contributed by atoms with E-state index in [2.05, 4.69) is 66.5 Å². The number of aromatic nitrogens is 3. The number of fused-ring (bicyclic) bond motifs is 1. The number of carbonyl (C=O) groups is 1. The van der Waals surface area contributed by atoms with Gasteiger partial charge in [-0.25, -0.2) is 9.67 Å². The number of pyridine rings is 1. The molecule has 1 amide bonds. The summed E-state index contributed by atoms with van der Waals surface area (Å²) in [6.45, 7) is 10.2. The number of hydrogen-bond acceptors (Lipinski definition) is 3. The molecule has 174 valence electrons. The van der Waals surface area contributed by atoms with Crippen LogP contribution in [0.25, 0.3) is 27.7 Å². The lowest BCUT2D eigenvalue weighted by atomic mass is 10.00. The first-order valence-corrected chi connectivity index (χ1v) is 11.7. The predicted octanol–water partition coefficient (Wildman–Crippen LogP) is 6.88. The summed E-state index contributed by atoms with van der Waals surface area (Å²) in [7, 11) is 0. The predicted molar refractivity (Wildman–Crippen MR) is 142 cm³/mol. The minimum Gasteiger partial charge on any atom is -0.320 e. The lowest BCUT2D eigenvalue weighted by molar-refractivity contribution is 0.101. The number of amides is 1. The second-order valence-electron chi connectivity index (χ2n) is 9.21. The smallest absolute Gasteiger partial charge is 0.274 e. The van der Waals surface area contributed by atoms with Gasteiger partial charge in [0.1, 0.15) is 5.69 Å². The summed E-state index contributed by atoms with van der Waals surface area (Å²) in [6.07, 6.45) is 1.83. The molecule has 0 bridgehead atoms. The van der Waals surface area contributed by atoms with Crippen molar-refractivity contribution in [1.29, 1.82) is 0 Å². The van der Waals surface area contributed by atoms with Crippen LogP contribution in [0.3, 0.4) is 0 Å². The van der Waals surface area contributed by atoms with Crippen molar-refractivity contribution in [2.75, 3.05) is 5.32 Å². The third kappa shape index (κ3) is 4.33. The average Bonchev–Trinajstić information content (AvgIpc) is 3.23. The van der Waals surface area contributed by atoms with Crippen molar-refractivity contribution in [2.24, 2.45) is 0 Å². The molecule has 0 spiro atoms. The molecule has 0 radical (unpaired) electrons. The van der Waals surface area contributed by atoms with Crippen molar-refractivity contribution in [3.8, 4) is 16.9 Å². The molecule has 0 fully saturated rings. The zero-order chi connectivity index (χ0) is 24.7. The Morgan fingerprint density at radius 1 is 0.771 bits per heavy atom. The Balaban J connectivity index is 1.46. The lowest BCUT2D eigenvalue weighted by Crippen LogP contribution is -2.18. The van der Waals surface area contributed by atoms with Crippen LogP contribution in [0, 0.1) is 34.6 Å². The van der Waals surface area contributed by atoms with Gasteiger partial charge in [0.05, 0.1) is 5.69 Å². The number of aryl methyl sites for hydroxylation is 5. The molecule has 2 aromatic heterocycles. The van der Waals surface area contributed by atoms with Crippen LogP contribution in [0.5, 0.6) is 0 Å². The minimum atomic E-state index is -0.221. The van der Waals surface area contributed by atoms with Crippen LogP contribution in [-0.4, -0.2) is 20.7 Å². The Morgan fingerprint density at radius 2 is 1.46 bits per heavy atom. The van der Waals surface area contributed by atoms with E-state index in [1.54, 1.807) is 10.7 Å². The van der Waals surface area contributed by atoms with Crippen LogP contribution in [0.4, 0.5) is 5.69 Å². The number of nitrogens with zero attached hydrogens (tertiary/aromatic N) is 3. The molecule has 0 saturated heterocycles. The number of benzene rings is 3. The average molecular weight is 461 g/mol. The summed E-state index contributed by atoms with van der Waals surface area (Å²) in [5.41, 5.74) is 8.84. The first-order chi connectivity index (χ1) is 16.8. The fourth-order valence-electron chi connectivity index (χ4n) is 4.42. The fraction of sp³-hybridized carbons (Fsp3) is 0.167. The van der Waals surface area contributed by atoms with Gasteiger partial charge in [0.2, 0.25) is 0 Å². The molecule has 0 unspecified atom stereocenters. The number of nitrogens with one attached hydrogen (secondary N) is 1. The summed E-state index contributed by atoms with van der Waals surface area (Å²) < 4.78 is 1.61. The van der Waals surface area contributed by atoms with Crippen LogP contribution in [-0.2, 0) is 0 Å². The monoisotopic (exact) mass is 460 g/mol. The van der Waals surface area contributed by atoms with E-state index < -0.39 is 0 Å². The molecule has 2 heterocycles. The van der Waals surface area contributed by atoms with Crippen molar-refractivity contribution in [3.05, 3.63) is 107 Å². The summed E-state index contributed by atoms with van der Waals surface area (Å²) in [5.74, 6) is 0.378. The second kappa shape index (κ2) is 8.84. The van der Waals surface area contributed by atoms with Gasteiger partial charge in [0.15, 0.2) is 5.82 Å². The van der Waals surface area contributed by atoms with Gasteiger partial charge >= 0.3 is 0 Å². The Hall–Kier alpha value is -4.25. The molecule has 35 heavy (non-hydrogen) atoms. The molecule has 5 aromatic rings. The number of anilines is 1. The quantitative estimate of drug-likeness (QED) is 0.318. The topological polar surface area (TPSA) is 59.8 Å². The highest BCUT2D eigenvalue weighted by atomic mass is 16.2. The molecule has 5 heteroatoms. The van der Waals surface area contributed by atoms with Gasteiger partial charge in [-0.1, -0.05) is 36.4 Å². The Labute approximate surface area is 205 Å². The van der Waals surface area contributed by atoms with E-state index >= 15 is 0 Å². The zero-order valence-corrected chi connectivity index (χ0v) is 20.7. The van der Waals surface area contributed by atoms with Crippen LogP contribution < -0.4 is 5.32 Å². The molecular formula is C30H28N4O. The highest BCUT2D eigenvalue weighted by Gasteiger charge is 2.18. The van der Waals surface area contributed by atoms with Crippen LogP contribution in [0.15, 0.2) is 72.9 Å². The van der Waals surface area contributed by atoms with E-state index in [1.807, 2.05) is 50.4 Å². The third-order valence-corrected chi connectivity index (χ3v) is 6.53. The summed E-state index contributed by atoms with van der Waals surface area (Å²) in [6, 6.07) is 22.4. The van der Waals surface area contributed by atoms with Gasteiger partial charge < -0.3 is 5.32 Å². The number of hydrogen-bond donors (Lipinski definition) is 1. The fourth-order valence-corrected chi connectivity index (χ4v) is 4.42. The van der Waals surface area contributed by atoms with Gasteiger partial charge in [-0.2, -0.15) is 5.10 Å². The molecule has 1 N–H and O–H groups in total. The Morgan fingerprint density at radius 3 is 2.14 bits per heavy atom. The normalized spacial score (nSPS) is 11.1. The van der Waals surface area contributed by atoms with Crippen molar-refractivity contribution >= 4 is 22.4 Å². The molecule has 0 aliphatic carbocycles. The lowest BCUT2D eigenvalue weighted by Gasteiger charge is -2.13. The first-order valence-electron chi connectivity index (χ1n) is 11.7. The molecule has 0 saturated carbocycles. The van der Waals surface area contributed by atoms with E-state index in [0.717, 1.165) is 33.5 Å². The van der Waals surface area contributed by atoms with Gasteiger partial charge in [0.25, 0.3) is 5.91 Å².